The zero-order valence-electron chi connectivity index (χ0n) is 13.1. The smallest absolute Gasteiger partial charge is 0.246 e. The maximum absolute atomic E-state index is 12.2. The van der Waals surface area contributed by atoms with Gasteiger partial charge in [-0.15, -0.1) is 0 Å². The van der Waals surface area contributed by atoms with Gasteiger partial charge in [0.1, 0.15) is 10.6 Å². The molecule has 0 aliphatic heterocycles. The number of methoxy groups -OCH3 is 1. The van der Waals surface area contributed by atoms with E-state index in [1.165, 1.54) is 31.9 Å². The van der Waals surface area contributed by atoms with Crippen molar-refractivity contribution in [2.75, 3.05) is 26.5 Å². The number of rotatable bonds is 5. The molecule has 0 unspecified atom stereocenters. The maximum atomic E-state index is 12.2. The van der Waals surface area contributed by atoms with Crippen LogP contribution in [-0.2, 0) is 10.0 Å². The highest BCUT2D eigenvalue weighted by molar-refractivity contribution is 7.89. The van der Waals surface area contributed by atoms with E-state index in [4.69, 9.17) is 4.74 Å². The Morgan fingerprint density at radius 2 is 2.00 bits per heavy atom. The average molecular weight is 312 g/mol. The predicted molar refractivity (Wildman–Crippen MR) is 84.3 cm³/mol. The van der Waals surface area contributed by atoms with E-state index in [0.29, 0.717) is 11.8 Å². The minimum absolute atomic E-state index is 0.195. The molecule has 5 nitrogen and oxygen atoms in total. The minimum Gasteiger partial charge on any atom is -0.495 e. The Morgan fingerprint density at radius 1 is 1.29 bits per heavy atom. The van der Waals surface area contributed by atoms with E-state index in [1.807, 2.05) is 6.07 Å². The lowest BCUT2D eigenvalue weighted by Gasteiger charge is -2.18. The highest BCUT2D eigenvalue weighted by Crippen LogP contribution is 2.32. The van der Waals surface area contributed by atoms with Gasteiger partial charge in [0.2, 0.25) is 10.0 Å². The summed E-state index contributed by atoms with van der Waals surface area (Å²) >= 11 is 0. The molecule has 1 N–H and O–H groups in total. The molecule has 0 bridgehead atoms. The third-order valence-corrected chi connectivity index (χ3v) is 5.84. The highest BCUT2D eigenvalue weighted by Gasteiger charge is 2.24. The van der Waals surface area contributed by atoms with Gasteiger partial charge in [0.25, 0.3) is 0 Å². The summed E-state index contributed by atoms with van der Waals surface area (Å²) < 4.78 is 30.9. The van der Waals surface area contributed by atoms with Crippen LogP contribution < -0.4 is 10.1 Å². The molecule has 21 heavy (non-hydrogen) atoms. The van der Waals surface area contributed by atoms with Crippen LogP contribution in [0.5, 0.6) is 5.75 Å². The van der Waals surface area contributed by atoms with E-state index < -0.39 is 10.0 Å². The molecule has 0 heterocycles. The molecule has 1 aliphatic carbocycles. The molecule has 0 amide bonds. The molecule has 118 valence electrons. The number of benzene rings is 1. The van der Waals surface area contributed by atoms with Gasteiger partial charge in [0, 0.05) is 31.9 Å². The second kappa shape index (κ2) is 6.23. The Morgan fingerprint density at radius 3 is 2.52 bits per heavy atom. The van der Waals surface area contributed by atoms with Crippen molar-refractivity contribution in [3.63, 3.8) is 0 Å². The van der Waals surface area contributed by atoms with Crippen molar-refractivity contribution < 1.29 is 13.2 Å². The SMILES string of the molecule is COc1cc(N[C@H]2CC[C@H](C)C2)ccc1S(=O)(=O)N(C)C. The van der Waals surface area contributed by atoms with Gasteiger partial charge in [-0.05, 0) is 37.3 Å². The van der Waals surface area contributed by atoms with E-state index in [9.17, 15) is 8.42 Å². The molecule has 0 spiro atoms. The van der Waals surface area contributed by atoms with Crippen molar-refractivity contribution in [2.24, 2.45) is 5.92 Å². The summed E-state index contributed by atoms with van der Waals surface area (Å²) in [4.78, 5) is 0.195. The normalized spacial score (nSPS) is 22.5. The van der Waals surface area contributed by atoms with Gasteiger partial charge < -0.3 is 10.1 Å². The lowest BCUT2D eigenvalue weighted by molar-refractivity contribution is 0.400. The van der Waals surface area contributed by atoms with Gasteiger partial charge in [-0.3, -0.25) is 0 Å². The molecule has 1 aromatic rings. The fraction of sp³-hybridized carbons (Fsp3) is 0.600. The van der Waals surface area contributed by atoms with Crippen molar-refractivity contribution in [1.82, 2.24) is 4.31 Å². The van der Waals surface area contributed by atoms with E-state index in [-0.39, 0.29) is 4.90 Å². The Hall–Kier alpha value is -1.27. The first-order chi connectivity index (χ1) is 9.84. The summed E-state index contributed by atoms with van der Waals surface area (Å²) in [6, 6.07) is 5.64. The fourth-order valence-corrected chi connectivity index (χ4v) is 3.77. The molecule has 0 saturated heterocycles. The summed E-state index contributed by atoms with van der Waals surface area (Å²) in [6.45, 7) is 2.26. The summed E-state index contributed by atoms with van der Waals surface area (Å²) in [5.74, 6) is 1.12. The highest BCUT2D eigenvalue weighted by atomic mass is 32.2. The van der Waals surface area contributed by atoms with Gasteiger partial charge in [-0.25, -0.2) is 12.7 Å². The zero-order chi connectivity index (χ0) is 15.6. The average Bonchev–Trinajstić information content (AvgIpc) is 2.83. The molecule has 0 aromatic heterocycles. The monoisotopic (exact) mass is 312 g/mol. The van der Waals surface area contributed by atoms with Crippen molar-refractivity contribution in [3.05, 3.63) is 18.2 Å². The molecule has 1 fully saturated rings. The third kappa shape index (κ3) is 3.49. The van der Waals surface area contributed by atoms with E-state index in [0.717, 1.165) is 24.4 Å². The summed E-state index contributed by atoms with van der Waals surface area (Å²) in [5, 5.41) is 3.47. The number of hydrogen-bond acceptors (Lipinski definition) is 4. The van der Waals surface area contributed by atoms with E-state index in [2.05, 4.69) is 12.2 Å². The molecule has 1 aromatic carbocycles. The Kier molecular flexibility index (Phi) is 4.78. The summed E-state index contributed by atoms with van der Waals surface area (Å²) in [5.41, 5.74) is 0.906. The molecular formula is C15H24N2O3S. The Balaban J connectivity index is 2.24. The molecule has 2 rings (SSSR count). The molecule has 1 saturated carbocycles. The number of anilines is 1. The van der Waals surface area contributed by atoms with Crippen LogP contribution in [-0.4, -0.2) is 40.0 Å². The van der Waals surface area contributed by atoms with Crippen molar-refractivity contribution >= 4 is 15.7 Å². The van der Waals surface area contributed by atoms with Crippen LogP contribution in [0.4, 0.5) is 5.69 Å². The lowest BCUT2D eigenvalue weighted by atomic mass is 10.1. The maximum Gasteiger partial charge on any atom is 0.246 e. The standard InChI is InChI=1S/C15H24N2O3S/c1-11-5-6-12(9-11)16-13-7-8-15(14(10-13)20-4)21(18,19)17(2)3/h7-8,10-12,16H,5-6,9H2,1-4H3/t11-,12-/m0/s1. The Bertz CT molecular complexity index is 599. The van der Waals surface area contributed by atoms with Crippen LogP contribution in [0.1, 0.15) is 26.2 Å². The first-order valence-electron chi connectivity index (χ1n) is 7.21. The van der Waals surface area contributed by atoms with Gasteiger partial charge in [-0.1, -0.05) is 6.92 Å². The summed E-state index contributed by atoms with van der Waals surface area (Å²) in [6.07, 6.45) is 3.54. The van der Waals surface area contributed by atoms with Gasteiger partial charge in [-0.2, -0.15) is 0 Å². The van der Waals surface area contributed by atoms with Crippen LogP contribution in [0.2, 0.25) is 0 Å². The summed E-state index contributed by atoms with van der Waals surface area (Å²) in [7, 11) is 1.03. The molecule has 2 atom stereocenters. The van der Waals surface area contributed by atoms with Crippen LogP contribution >= 0.6 is 0 Å². The second-order valence-electron chi connectivity index (χ2n) is 5.91. The number of ether oxygens (including phenoxy) is 1. The van der Waals surface area contributed by atoms with Crippen molar-refractivity contribution in [2.45, 2.75) is 37.1 Å². The number of nitrogens with zero attached hydrogens (tertiary/aromatic N) is 1. The van der Waals surface area contributed by atoms with Gasteiger partial charge in [0.15, 0.2) is 0 Å². The van der Waals surface area contributed by atoms with Crippen molar-refractivity contribution in [1.29, 1.82) is 0 Å². The predicted octanol–water partition coefficient (Wildman–Crippen LogP) is 2.55. The Labute approximate surface area is 127 Å². The van der Waals surface area contributed by atoms with E-state index >= 15 is 0 Å². The largest absolute Gasteiger partial charge is 0.495 e. The lowest BCUT2D eigenvalue weighted by Crippen LogP contribution is -2.23. The zero-order valence-corrected chi connectivity index (χ0v) is 13.9. The number of nitrogens with one attached hydrogen (secondary N) is 1. The molecular weight excluding hydrogens is 288 g/mol. The fourth-order valence-electron chi connectivity index (χ4n) is 2.74. The molecule has 1 aliphatic rings. The third-order valence-electron chi connectivity index (χ3n) is 3.99. The van der Waals surface area contributed by atoms with Crippen LogP contribution in [0.15, 0.2) is 23.1 Å². The van der Waals surface area contributed by atoms with Crippen molar-refractivity contribution in [3.8, 4) is 5.75 Å². The van der Waals surface area contributed by atoms with Gasteiger partial charge >= 0.3 is 0 Å². The first-order valence-corrected chi connectivity index (χ1v) is 8.65. The van der Waals surface area contributed by atoms with Crippen LogP contribution in [0, 0.1) is 5.92 Å². The topological polar surface area (TPSA) is 58.6 Å². The number of hydrogen-bond donors (Lipinski definition) is 1. The molecule has 0 radical (unpaired) electrons. The number of sulfonamides is 1. The molecule has 6 heteroatoms. The van der Waals surface area contributed by atoms with E-state index in [1.54, 1.807) is 12.1 Å². The van der Waals surface area contributed by atoms with Crippen LogP contribution in [0.3, 0.4) is 0 Å². The quantitative estimate of drug-likeness (QED) is 0.908. The van der Waals surface area contributed by atoms with Gasteiger partial charge in [0.05, 0.1) is 7.11 Å². The first kappa shape index (κ1) is 16.1. The minimum atomic E-state index is -3.49. The van der Waals surface area contributed by atoms with Crippen LogP contribution in [0.25, 0.3) is 0 Å². The second-order valence-corrected chi connectivity index (χ2v) is 8.03.